The van der Waals surface area contributed by atoms with Gasteiger partial charge in [-0.1, -0.05) is 36.4 Å². The summed E-state index contributed by atoms with van der Waals surface area (Å²) in [6.45, 7) is 7.13. The predicted molar refractivity (Wildman–Crippen MR) is 127 cm³/mol. The highest BCUT2D eigenvalue weighted by Gasteiger charge is 2.28. The number of hydrogen-bond donors (Lipinski definition) is 1. The Morgan fingerprint density at radius 3 is 2.87 bits per heavy atom. The van der Waals surface area contributed by atoms with Crippen molar-refractivity contribution in [1.29, 1.82) is 0 Å². The maximum atomic E-state index is 11.6. The van der Waals surface area contributed by atoms with Crippen LogP contribution in [0.25, 0.3) is 10.8 Å². The minimum atomic E-state index is -0.337. The molecule has 2 aliphatic heterocycles. The first-order valence-electron chi connectivity index (χ1n) is 11.1. The summed E-state index contributed by atoms with van der Waals surface area (Å²) in [5.74, 6) is -0.337. The smallest absolute Gasteiger partial charge is 0.258 e. The predicted octanol–water partition coefficient (Wildman–Crippen LogP) is 4.21. The average molecular weight is 436 g/mol. The summed E-state index contributed by atoms with van der Waals surface area (Å²) in [4.78, 5) is 18.5. The van der Waals surface area contributed by atoms with Crippen molar-refractivity contribution in [2.45, 2.75) is 31.9 Å². The molecule has 5 rings (SSSR count). The molecule has 2 aromatic carbocycles. The molecule has 3 aromatic rings. The van der Waals surface area contributed by atoms with Crippen LogP contribution in [0.5, 0.6) is 0 Å². The monoisotopic (exact) mass is 435 g/mol. The standard InChI is InChI=1S/C25H29N3O2S/c1-17-16-28(21-8-4-6-18-5-2-3-7-20(18)21)13-12-27(17)11-9-22-24-19(10-14-30-22)15-23(31-24)25(26)29/h2-8,15,17,22H,9-14,16H2,1H3,(H2,26,29)/t17-,22?/m0/s1. The Morgan fingerprint density at radius 1 is 1.19 bits per heavy atom. The number of nitrogens with zero attached hydrogens (tertiary/aromatic N) is 2. The van der Waals surface area contributed by atoms with Gasteiger partial charge in [0.15, 0.2) is 0 Å². The minimum Gasteiger partial charge on any atom is -0.372 e. The zero-order chi connectivity index (χ0) is 21.4. The molecular weight excluding hydrogens is 406 g/mol. The van der Waals surface area contributed by atoms with E-state index in [1.807, 2.05) is 6.07 Å². The third-order valence-corrected chi connectivity index (χ3v) is 7.90. The lowest BCUT2D eigenvalue weighted by Gasteiger charge is -2.42. The lowest BCUT2D eigenvalue weighted by Crippen LogP contribution is -2.52. The first kappa shape index (κ1) is 20.5. The Morgan fingerprint density at radius 2 is 2.03 bits per heavy atom. The van der Waals surface area contributed by atoms with E-state index in [1.54, 1.807) is 0 Å². The number of carbonyl (C=O) groups excluding carboxylic acids is 1. The van der Waals surface area contributed by atoms with Gasteiger partial charge < -0.3 is 15.4 Å². The molecule has 3 heterocycles. The van der Waals surface area contributed by atoms with Crippen LogP contribution in [0, 0.1) is 0 Å². The van der Waals surface area contributed by atoms with Gasteiger partial charge in [-0.15, -0.1) is 11.3 Å². The van der Waals surface area contributed by atoms with Gasteiger partial charge in [0, 0.05) is 48.2 Å². The number of hydrogen-bond acceptors (Lipinski definition) is 5. The molecule has 1 unspecified atom stereocenters. The zero-order valence-electron chi connectivity index (χ0n) is 17.9. The van der Waals surface area contributed by atoms with Crippen molar-refractivity contribution in [2.24, 2.45) is 5.73 Å². The molecule has 1 fully saturated rings. The second-order valence-corrected chi connectivity index (χ2v) is 9.68. The minimum absolute atomic E-state index is 0.0742. The Bertz CT molecular complexity index is 1090. The van der Waals surface area contributed by atoms with Gasteiger partial charge in [0.1, 0.15) is 0 Å². The van der Waals surface area contributed by atoms with Gasteiger partial charge in [0.05, 0.1) is 17.6 Å². The Hall–Kier alpha value is -2.41. The molecule has 1 amide bonds. The first-order valence-corrected chi connectivity index (χ1v) is 11.9. The van der Waals surface area contributed by atoms with E-state index in [2.05, 4.69) is 59.2 Å². The zero-order valence-corrected chi connectivity index (χ0v) is 18.7. The summed E-state index contributed by atoms with van der Waals surface area (Å²) in [5, 5.41) is 2.63. The van der Waals surface area contributed by atoms with Crippen molar-refractivity contribution < 1.29 is 9.53 Å². The second-order valence-electron chi connectivity index (χ2n) is 8.59. The fourth-order valence-electron chi connectivity index (χ4n) is 4.95. The van der Waals surface area contributed by atoms with Crippen molar-refractivity contribution in [3.8, 4) is 0 Å². The first-order chi connectivity index (χ1) is 15.1. The molecule has 0 bridgehead atoms. The van der Waals surface area contributed by atoms with Crippen molar-refractivity contribution in [1.82, 2.24) is 4.90 Å². The molecule has 0 aliphatic carbocycles. The fraction of sp³-hybridized carbons (Fsp3) is 0.400. The van der Waals surface area contributed by atoms with Gasteiger partial charge in [-0.3, -0.25) is 9.69 Å². The summed E-state index contributed by atoms with van der Waals surface area (Å²) < 4.78 is 6.08. The van der Waals surface area contributed by atoms with Crippen molar-refractivity contribution in [2.75, 3.05) is 37.7 Å². The maximum Gasteiger partial charge on any atom is 0.258 e. The van der Waals surface area contributed by atoms with Crippen molar-refractivity contribution in [3.63, 3.8) is 0 Å². The third-order valence-electron chi connectivity index (χ3n) is 6.62. The van der Waals surface area contributed by atoms with Crippen molar-refractivity contribution in [3.05, 3.63) is 63.8 Å². The van der Waals surface area contributed by atoms with E-state index in [-0.39, 0.29) is 12.0 Å². The highest BCUT2D eigenvalue weighted by atomic mass is 32.1. The van der Waals surface area contributed by atoms with E-state index >= 15 is 0 Å². The Kier molecular flexibility index (Phi) is 5.69. The van der Waals surface area contributed by atoms with Crippen LogP contribution < -0.4 is 10.6 Å². The molecule has 0 spiro atoms. The third kappa shape index (κ3) is 4.07. The summed E-state index contributed by atoms with van der Waals surface area (Å²) in [5.41, 5.74) is 8.07. The number of primary amides is 1. The SMILES string of the molecule is C[C@H]1CN(c2cccc3ccccc23)CCN1CCC1OCCc2cc(C(N)=O)sc21. The summed E-state index contributed by atoms with van der Waals surface area (Å²) in [7, 11) is 0. The average Bonchev–Trinajstić information content (AvgIpc) is 3.23. The summed E-state index contributed by atoms with van der Waals surface area (Å²) in [6.07, 6.45) is 1.89. The molecule has 1 aromatic heterocycles. The van der Waals surface area contributed by atoms with Crippen LogP contribution >= 0.6 is 11.3 Å². The number of benzene rings is 2. The molecule has 1 saturated heterocycles. The number of anilines is 1. The van der Waals surface area contributed by atoms with Crippen LogP contribution in [0.4, 0.5) is 5.69 Å². The quantitative estimate of drug-likeness (QED) is 0.652. The molecule has 31 heavy (non-hydrogen) atoms. The topological polar surface area (TPSA) is 58.8 Å². The highest BCUT2D eigenvalue weighted by molar-refractivity contribution is 7.14. The molecule has 0 radical (unpaired) electrons. The number of ether oxygens (including phenoxy) is 1. The van der Waals surface area contributed by atoms with E-state index in [4.69, 9.17) is 10.5 Å². The van der Waals surface area contributed by atoms with E-state index in [9.17, 15) is 4.79 Å². The Labute approximate surface area is 187 Å². The van der Waals surface area contributed by atoms with E-state index in [0.717, 1.165) is 45.6 Å². The molecule has 2 N–H and O–H groups in total. The number of thiophene rings is 1. The van der Waals surface area contributed by atoms with Gasteiger partial charge in [0.2, 0.25) is 0 Å². The molecule has 5 nitrogen and oxygen atoms in total. The number of rotatable bonds is 5. The fourth-order valence-corrected chi connectivity index (χ4v) is 6.09. The van der Waals surface area contributed by atoms with Gasteiger partial charge in [-0.05, 0) is 42.8 Å². The lowest BCUT2D eigenvalue weighted by molar-refractivity contribution is 0.0283. The maximum absolute atomic E-state index is 11.6. The van der Waals surface area contributed by atoms with Crippen LogP contribution in [0.15, 0.2) is 48.5 Å². The van der Waals surface area contributed by atoms with Crippen molar-refractivity contribution >= 4 is 33.7 Å². The van der Waals surface area contributed by atoms with Crippen LogP contribution in [-0.4, -0.2) is 49.6 Å². The largest absolute Gasteiger partial charge is 0.372 e. The molecule has 2 aliphatic rings. The number of fused-ring (bicyclic) bond motifs is 2. The number of nitrogens with two attached hydrogens (primary N) is 1. The van der Waals surface area contributed by atoms with E-state index in [1.165, 1.54) is 38.2 Å². The molecule has 162 valence electrons. The van der Waals surface area contributed by atoms with Crippen LogP contribution in [-0.2, 0) is 11.2 Å². The number of amides is 1. The van der Waals surface area contributed by atoms with Crippen LogP contribution in [0.1, 0.15) is 39.6 Å². The molecule has 2 atom stereocenters. The van der Waals surface area contributed by atoms with Gasteiger partial charge >= 0.3 is 0 Å². The molecular formula is C25H29N3O2S. The summed E-state index contributed by atoms with van der Waals surface area (Å²) >= 11 is 1.51. The van der Waals surface area contributed by atoms with Crippen LogP contribution in [0.2, 0.25) is 0 Å². The molecule has 6 heteroatoms. The molecule has 0 saturated carbocycles. The lowest BCUT2D eigenvalue weighted by atomic mass is 10.0. The highest BCUT2D eigenvalue weighted by Crippen LogP contribution is 2.37. The normalized spacial score (nSPS) is 21.9. The van der Waals surface area contributed by atoms with E-state index < -0.39 is 0 Å². The second kappa shape index (κ2) is 8.61. The van der Waals surface area contributed by atoms with Crippen LogP contribution in [0.3, 0.4) is 0 Å². The van der Waals surface area contributed by atoms with Gasteiger partial charge in [0.25, 0.3) is 5.91 Å². The van der Waals surface area contributed by atoms with Gasteiger partial charge in [-0.25, -0.2) is 0 Å². The van der Waals surface area contributed by atoms with Gasteiger partial charge in [-0.2, -0.15) is 0 Å². The number of piperazine rings is 1. The van der Waals surface area contributed by atoms with E-state index in [0.29, 0.717) is 10.9 Å². The Balaban J connectivity index is 1.24. The number of carbonyl (C=O) groups is 1. The summed E-state index contributed by atoms with van der Waals surface area (Å²) in [6, 6.07) is 17.7.